The Morgan fingerprint density at radius 2 is 2.00 bits per heavy atom. The van der Waals surface area contributed by atoms with Crippen LogP contribution in [0.25, 0.3) is 0 Å². The molecule has 0 spiro atoms. The summed E-state index contributed by atoms with van der Waals surface area (Å²) in [5.41, 5.74) is 0.790. The second-order valence-electron chi connectivity index (χ2n) is 5.27. The van der Waals surface area contributed by atoms with Crippen LogP contribution in [0.1, 0.15) is 24.2 Å². The van der Waals surface area contributed by atoms with E-state index in [0.717, 1.165) is 25.2 Å². The average molecular weight is 264 g/mol. The second kappa shape index (κ2) is 5.33. The lowest BCUT2D eigenvalue weighted by Gasteiger charge is -2.39. The fourth-order valence-electron chi connectivity index (χ4n) is 2.23. The standard InChI is InChI=1S/C14H20N2OS/c1-14(2)10-16(9-8-15-14)13(17)11-4-6-12(18-3)7-5-11/h4-7,15H,8-10H2,1-3H3. The summed E-state index contributed by atoms with van der Waals surface area (Å²) in [4.78, 5) is 15.5. The van der Waals surface area contributed by atoms with Crippen molar-refractivity contribution in [3.05, 3.63) is 29.8 Å². The number of benzene rings is 1. The molecule has 18 heavy (non-hydrogen) atoms. The van der Waals surface area contributed by atoms with Crippen molar-refractivity contribution in [1.82, 2.24) is 10.2 Å². The number of rotatable bonds is 2. The number of carbonyl (C=O) groups excluding carboxylic acids is 1. The molecular weight excluding hydrogens is 244 g/mol. The van der Waals surface area contributed by atoms with Gasteiger partial charge in [-0.05, 0) is 44.4 Å². The van der Waals surface area contributed by atoms with Crippen molar-refractivity contribution in [3.63, 3.8) is 0 Å². The van der Waals surface area contributed by atoms with Crippen LogP contribution in [0.4, 0.5) is 0 Å². The molecule has 0 unspecified atom stereocenters. The van der Waals surface area contributed by atoms with Gasteiger partial charge in [0.15, 0.2) is 0 Å². The average Bonchev–Trinajstić information content (AvgIpc) is 2.37. The van der Waals surface area contributed by atoms with Gasteiger partial charge in [0.25, 0.3) is 5.91 Å². The van der Waals surface area contributed by atoms with Crippen molar-refractivity contribution in [3.8, 4) is 0 Å². The maximum atomic E-state index is 12.4. The van der Waals surface area contributed by atoms with Crippen LogP contribution in [0, 0.1) is 0 Å². The molecule has 98 valence electrons. The molecule has 1 aromatic rings. The van der Waals surface area contributed by atoms with Gasteiger partial charge in [-0.1, -0.05) is 0 Å². The van der Waals surface area contributed by atoms with Gasteiger partial charge in [0.1, 0.15) is 0 Å². The van der Waals surface area contributed by atoms with Crippen LogP contribution < -0.4 is 5.32 Å². The summed E-state index contributed by atoms with van der Waals surface area (Å²) in [6.07, 6.45) is 2.04. The Kier molecular flexibility index (Phi) is 3.97. The lowest BCUT2D eigenvalue weighted by molar-refractivity contribution is 0.0652. The highest BCUT2D eigenvalue weighted by atomic mass is 32.2. The molecule has 1 amide bonds. The van der Waals surface area contributed by atoms with Gasteiger partial charge in [-0.15, -0.1) is 11.8 Å². The highest BCUT2D eigenvalue weighted by Gasteiger charge is 2.28. The van der Waals surface area contributed by atoms with E-state index in [4.69, 9.17) is 0 Å². The van der Waals surface area contributed by atoms with E-state index >= 15 is 0 Å². The van der Waals surface area contributed by atoms with Gasteiger partial charge in [-0.3, -0.25) is 4.79 Å². The van der Waals surface area contributed by atoms with Crippen molar-refractivity contribution >= 4 is 17.7 Å². The molecule has 0 saturated carbocycles. The van der Waals surface area contributed by atoms with Crippen LogP contribution in [0.5, 0.6) is 0 Å². The molecule has 1 N–H and O–H groups in total. The van der Waals surface area contributed by atoms with Crippen LogP contribution >= 0.6 is 11.8 Å². The normalized spacial score (nSPS) is 18.7. The van der Waals surface area contributed by atoms with Crippen LogP contribution in [0.2, 0.25) is 0 Å². The molecule has 3 nitrogen and oxygen atoms in total. The molecule has 2 rings (SSSR count). The number of nitrogens with zero attached hydrogens (tertiary/aromatic N) is 1. The van der Waals surface area contributed by atoms with E-state index in [1.165, 1.54) is 4.90 Å². The molecule has 1 fully saturated rings. The Balaban J connectivity index is 2.10. The molecule has 0 radical (unpaired) electrons. The van der Waals surface area contributed by atoms with Gasteiger partial charge >= 0.3 is 0 Å². The Labute approximate surface area is 113 Å². The minimum absolute atomic E-state index is 0.00706. The number of hydrogen-bond donors (Lipinski definition) is 1. The predicted octanol–water partition coefficient (Wildman–Crippen LogP) is 2.23. The lowest BCUT2D eigenvalue weighted by atomic mass is 10.0. The third kappa shape index (κ3) is 3.06. The number of hydrogen-bond acceptors (Lipinski definition) is 3. The first kappa shape index (κ1) is 13.4. The number of nitrogens with one attached hydrogen (secondary N) is 1. The SMILES string of the molecule is CSc1ccc(C(=O)N2CCNC(C)(C)C2)cc1. The van der Waals surface area contributed by atoms with Crippen molar-refractivity contribution < 1.29 is 4.79 Å². The third-order valence-corrected chi connectivity index (χ3v) is 3.94. The number of thioether (sulfide) groups is 1. The number of carbonyl (C=O) groups is 1. The van der Waals surface area contributed by atoms with Gasteiger partial charge in [0.2, 0.25) is 0 Å². The molecule has 1 heterocycles. The zero-order valence-corrected chi connectivity index (χ0v) is 12.0. The Morgan fingerprint density at radius 1 is 1.33 bits per heavy atom. The van der Waals surface area contributed by atoms with E-state index in [2.05, 4.69) is 19.2 Å². The molecule has 4 heteroatoms. The van der Waals surface area contributed by atoms with E-state index in [9.17, 15) is 4.79 Å². The van der Waals surface area contributed by atoms with Gasteiger partial charge < -0.3 is 10.2 Å². The van der Waals surface area contributed by atoms with Crippen molar-refractivity contribution in [2.75, 3.05) is 25.9 Å². The lowest BCUT2D eigenvalue weighted by Crippen LogP contribution is -2.58. The predicted molar refractivity (Wildman–Crippen MR) is 76.2 cm³/mol. The number of piperazine rings is 1. The highest BCUT2D eigenvalue weighted by molar-refractivity contribution is 7.98. The largest absolute Gasteiger partial charge is 0.336 e. The maximum Gasteiger partial charge on any atom is 0.253 e. The zero-order chi connectivity index (χ0) is 13.2. The highest BCUT2D eigenvalue weighted by Crippen LogP contribution is 2.17. The molecule has 0 aromatic heterocycles. The summed E-state index contributed by atoms with van der Waals surface area (Å²) in [6.45, 7) is 6.66. The molecular formula is C14H20N2OS. The molecule has 1 aliphatic heterocycles. The molecule has 0 atom stereocenters. The van der Waals surface area contributed by atoms with Gasteiger partial charge in [-0.2, -0.15) is 0 Å². The fraction of sp³-hybridized carbons (Fsp3) is 0.500. The van der Waals surface area contributed by atoms with Gasteiger partial charge in [-0.25, -0.2) is 0 Å². The van der Waals surface area contributed by atoms with E-state index < -0.39 is 0 Å². The molecule has 0 aliphatic carbocycles. The summed E-state index contributed by atoms with van der Waals surface area (Å²) in [5, 5.41) is 3.42. The number of amides is 1. The third-order valence-electron chi connectivity index (χ3n) is 3.20. The molecule has 1 aromatic carbocycles. The maximum absolute atomic E-state index is 12.4. The van der Waals surface area contributed by atoms with Gasteiger partial charge in [0.05, 0.1) is 0 Å². The fourth-order valence-corrected chi connectivity index (χ4v) is 2.64. The van der Waals surface area contributed by atoms with Crippen LogP contribution in [-0.2, 0) is 0 Å². The van der Waals surface area contributed by atoms with Crippen molar-refractivity contribution in [2.24, 2.45) is 0 Å². The first-order chi connectivity index (χ1) is 8.52. The first-order valence-electron chi connectivity index (χ1n) is 6.20. The molecule has 1 aliphatic rings. The van der Waals surface area contributed by atoms with Gasteiger partial charge in [0, 0.05) is 35.6 Å². The topological polar surface area (TPSA) is 32.3 Å². The Bertz CT molecular complexity index is 428. The minimum Gasteiger partial charge on any atom is -0.336 e. The summed E-state index contributed by atoms with van der Waals surface area (Å²) >= 11 is 1.69. The van der Waals surface area contributed by atoms with E-state index in [1.807, 2.05) is 35.4 Å². The summed E-state index contributed by atoms with van der Waals surface area (Å²) in [5.74, 6) is 0.136. The van der Waals surface area contributed by atoms with E-state index in [-0.39, 0.29) is 11.4 Å². The van der Waals surface area contributed by atoms with Crippen LogP contribution in [0.3, 0.4) is 0 Å². The van der Waals surface area contributed by atoms with Crippen molar-refractivity contribution in [1.29, 1.82) is 0 Å². The second-order valence-corrected chi connectivity index (χ2v) is 6.15. The quantitative estimate of drug-likeness (QED) is 0.831. The molecule has 0 bridgehead atoms. The monoisotopic (exact) mass is 264 g/mol. The van der Waals surface area contributed by atoms with Crippen LogP contribution in [0.15, 0.2) is 29.2 Å². The molecule has 1 saturated heterocycles. The Hall–Kier alpha value is -1.00. The summed E-state index contributed by atoms with van der Waals surface area (Å²) in [7, 11) is 0. The Morgan fingerprint density at radius 3 is 2.56 bits per heavy atom. The smallest absolute Gasteiger partial charge is 0.253 e. The minimum atomic E-state index is 0.00706. The first-order valence-corrected chi connectivity index (χ1v) is 7.43. The summed E-state index contributed by atoms with van der Waals surface area (Å²) in [6, 6.07) is 7.85. The van der Waals surface area contributed by atoms with E-state index in [1.54, 1.807) is 11.8 Å². The van der Waals surface area contributed by atoms with Crippen LogP contribution in [-0.4, -0.2) is 42.2 Å². The zero-order valence-electron chi connectivity index (χ0n) is 11.2. The van der Waals surface area contributed by atoms with Crippen molar-refractivity contribution in [2.45, 2.75) is 24.3 Å². The summed E-state index contributed by atoms with van der Waals surface area (Å²) < 4.78 is 0. The van der Waals surface area contributed by atoms with E-state index in [0.29, 0.717) is 0 Å².